The first kappa shape index (κ1) is 21.5. The molecule has 1 unspecified atom stereocenters. The highest BCUT2D eigenvalue weighted by atomic mass is 16.7. The number of hydrogen-bond donors (Lipinski definition) is 0. The van der Waals surface area contributed by atoms with E-state index in [4.69, 9.17) is 9.47 Å². The second-order valence-corrected chi connectivity index (χ2v) is 7.92. The largest absolute Gasteiger partial charge is 0.455 e. The smallest absolute Gasteiger partial charge is 0.312 e. The lowest BCUT2D eigenvalue weighted by atomic mass is 9.76. The van der Waals surface area contributed by atoms with Crippen molar-refractivity contribution in [3.63, 3.8) is 0 Å². The molecule has 0 aliphatic heterocycles. The molecule has 1 rings (SSSR count). The zero-order chi connectivity index (χ0) is 19.3. The van der Waals surface area contributed by atoms with E-state index < -0.39 is 6.29 Å². The van der Waals surface area contributed by atoms with E-state index in [2.05, 4.69) is 53.7 Å². The summed E-state index contributed by atoms with van der Waals surface area (Å²) in [7, 11) is 0. The molecule has 0 fully saturated rings. The Morgan fingerprint density at radius 2 is 1.68 bits per heavy atom. The summed E-state index contributed by atoms with van der Waals surface area (Å²) in [6, 6.07) is 6.41. The molecule has 0 aliphatic carbocycles. The molecule has 1 aromatic rings. The van der Waals surface area contributed by atoms with Gasteiger partial charge in [-0.05, 0) is 41.7 Å². The summed E-state index contributed by atoms with van der Waals surface area (Å²) < 4.78 is 11.3. The lowest BCUT2D eigenvalue weighted by Crippen LogP contribution is -2.25. The number of rotatable bonds is 9. The Morgan fingerprint density at radius 3 is 2.20 bits per heavy atom. The van der Waals surface area contributed by atoms with Crippen LogP contribution in [0.1, 0.15) is 85.8 Å². The van der Waals surface area contributed by atoms with Gasteiger partial charge < -0.3 is 9.47 Å². The predicted octanol–water partition coefficient (Wildman–Crippen LogP) is 5.94. The van der Waals surface area contributed by atoms with Crippen molar-refractivity contribution in [2.24, 2.45) is 0 Å². The third-order valence-electron chi connectivity index (χ3n) is 5.20. The second kappa shape index (κ2) is 8.73. The van der Waals surface area contributed by atoms with Crippen LogP contribution in [0.4, 0.5) is 0 Å². The van der Waals surface area contributed by atoms with Gasteiger partial charge in [-0.3, -0.25) is 4.79 Å². The Morgan fingerprint density at radius 1 is 1.08 bits per heavy atom. The molecule has 141 valence electrons. The van der Waals surface area contributed by atoms with Gasteiger partial charge in [-0.15, -0.1) is 0 Å². The average molecular weight is 348 g/mol. The molecule has 0 saturated heterocycles. The third kappa shape index (κ3) is 5.76. The lowest BCUT2D eigenvalue weighted by Gasteiger charge is -2.31. The molecule has 0 aliphatic rings. The molecule has 0 saturated carbocycles. The van der Waals surface area contributed by atoms with Gasteiger partial charge >= 0.3 is 5.97 Å². The normalized spacial score (nSPS) is 13.4. The molecule has 3 heteroatoms. The fourth-order valence-corrected chi connectivity index (χ4v) is 2.56. The molecular weight excluding hydrogens is 312 g/mol. The van der Waals surface area contributed by atoms with Crippen molar-refractivity contribution in [3.05, 3.63) is 35.7 Å². The van der Waals surface area contributed by atoms with Crippen molar-refractivity contribution < 1.29 is 14.3 Å². The Labute approximate surface area is 154 Å². The Kier molecular flexibility index (Phi) is 7.52. The summed E-state index contributed by atoms with van der Waals surface area (Å²) in [5.74, 6) is 0.453. The zero-order valence-corrected chi connectivity index (χ0v) is 17.2. The molecule has 0 N–H and O–H groups in total. The van der Waals surface area contributed by atoms with Crippen LogP contribution >= 0.6 is 0 Å². The number of esters is 1. The van der Waals surface area contributed by atoms with E-state index in [1.807, 2.05) is 13.0 Å². The highest BCUT2D eigenvalue weighted by Crippen LogP contribution is 2.38. The molecular formula is C22H35O3. The molecule has 1 atom stereocenters. The van der Waals surface area contributed by atoms with Crippen LogP contribution in [-0.4, -0.2) is 12.3 Å². The average Bonchev–Trinajstić information content (AvgIpc) is 2.54. The van der Waals surface area contributed by atoms with E-state index in [-0.39, 0.29) is 16.8 Å². The Bertz CT molecular complexity index is 573. The van der Waals surface area contributed by atoms with E-state index in [1.165, 1.54) is 12.0 Å². The van der Waals surface area contributed by atoms with Gasteiger partial charge in [-0.25, -0.2) is 0 Å². The van der Waals surface area contributed by atoms with Gasteiger partial charge in [-0.1, -0.05) is 60.6 Å². The van der Waals surface area contributed by atoms with Gasteiger partial charge in [0, 0.05) is 12.5 Å². The molecule has 0 aromatic heterocycles. The summed E-state index contributed by atoms with van der Waals surface area (Å²) in [6.07, 6.45) is 3.62. The van der Waals surface area contributed by atoms with Crippen molar-refractivity contribution in [1.82, 2.24) is 0 Å². The van der Waals surface area contributed by atoms with Crippen LogP contribution in [0.15, 0.2) is 18.2 Å². The van der Waals surface area contributed by atoms with Crippen LogP contribution in [0.5, 0.6) is 5.75 Å². The van der Waals surface area contributed by atoms with Crippen LogP contribution in [0.2, 0.25) is 0 Å². The van der Waals surface area contributed by atoms with Crippen molar-refractivity contribution >= 4 is 5.97 Å². The maximum atomic E-state index is 11.6. The molecule has 0 amide bonds. The minimum atomic E-state index is -0.619. The monoisotopic (exact) mass is 347 g/mol. The third-order valence-corrected chi connectivity index (χ3v) is 5.20. The summed E-state index contributed by atoms with van der Waals surface area (Å²) in [4.78, 5) is 11.6. The van der Waals surface area contributed by atoms with Crippen molar-refractivity contribution in [3.8, 4) is 5.75 Å². The van der Waals surface area contributed by atoms with E-state index >= 15 is 0 Å². The number of carbonyl (C=O) groups is 1. The minimum absolute atomic E-state index is 0.0194. The van der Waals surface area contributed by atoms with Gasteiger partial charge in [-0.2, -0.15) is 0 Å². The number of benzene rings is 1. The molecule has 1 aromatic carbocycles. The van der Waals surface area contributed by atoms with Gasteiger partial charge in [0.1, 0.15) is 5.75 Å². The van der Waals surface area contributed by atoms with E-state index in [1.54, 1.807) is 6.92 Å². The van der Waals surface area contributed by atoms with Crippen LogP contribution < -0.4 is 4.74 Å². The molecule has 0 bridgehead atoms. The van der Waals surface area contributed by atoms with Crippen LogP contribution in [0, 0.1) is 6.42 Å². The standard InChI is InChI=1S/C22H35O3/c1-9-12-20(23)25-16(4)24-19-14-13-17(21(5,6)10-2)15-18(19)22(7,8)11-3/h12-16H,9-11H2,1-8H3. The topological polar surface area (TPSA) is 35.5 Å². The fourth-order valence-electron chi connectivity index (χ4n) is 2.56. The highest BCUT2D eigenvalue weighted by molar-refractivity contribution is 5.78. The summed E-state index contributed by atoms with van der Waals surface area (Å²) >= 11 is 0. The number of carbonyl (C=O) groups excluding carboxylic acids is 1. The quantitative estimate of drug-likeness (QED) is 0.409. The summed E-state index contributed by atoms with van der Waals surface area (Å²) in [6.45, 7) is 17.0. The molecule has 25 heavy (non-hydrogen) atoms. The summed E-state index contributed by atoms with van der Waals surface area (Å²) in [5, 5.41) is 0. The van der Waals surface area contributed by atoms with Crippen molar-refractivity contribution in [2.75, 3.05) is 0 Å². The molecule has 1 radical (unpaired) electrons. The first-order chi connectivity index (χ1) is 11.6. The van der Waals surface area contributed by atoms with E-state index in [9.17, 15) is 4.79 Å². The van der Waals surface area contributed by atoms with Gasteiger partial charge in [0.2, 0.25) is 6.29 Å². The van der Waals surface area contributed by atoms with Crippen LogP contribution in [-0.2, 0) is 20.4 Å². The fraction of sp³-hybridized carbons (Fsp3) is 0.636. The van der Waals surface area contributed by atoms with E-state index in [0.29, 0.717) is 6.42 Å². The Balaban J connectivity index is 3.16. The van der Waals surface area contributed by atoms with Gasteiger partial charge in [0.05, 0.1) is 6.42 Å². The first-order valence-electron chi connectivity index (χ1n) is 9.42. The Hall–Kier alpha value is -1.51. The van der Waals surface area contributed by atoms with E-state index in [0.717, 1.165) is 24.2 Å². The van der Waals surface area contributed by atoms with Crippen LogP contribution in [0.25, 0.3) is 0 Å². The maximum Gasteiger partial charge on any atom is 0.312 e. The summed E-state index contributed by atoms with van der Waals surface area (Å²) in [5.41, 5.74) is 2.57. The minimum Gasteiger partial charge on any atom is -0.455 e. The van der Waals surface area contributed by atoms with Crippen molar-refractivity contribution in [1.29, 1.82) is 0 Å². The number of hydrogen-bond acceptors (Lipinski definition) is 3. The maximum absolute atomic E-state index is 11.6. The van der Waals surface area contributed by atoms with Crippen molar-refractivity contribution in [2.45, 2.75) is 91.8 Å². The highest BCUT2D eigenvalue weighted by Gasteiger charge is 2.27. The first-order valence-corrected chi connectivity index (χ1v) is 9.42. The zero-order valence-electron chi connectivity index (χ0n) is 17.2. The van der Waals surface area contributed by atoms with Gasteiger partial charge in [0.15, 0.2) is 0 Å². The SMILES string of the molecule is CC[CH]C(=O)OC(C)Oc1ccc(C(C)(C)CC)cc1C(C)(C)CC. The lowest BCUT2D eigenvalue weighted by molar-refractivity contribution is -0.157. The molecule has 0 heterocycles. The predicted molar refractivity (Wildman–Crippen MR) is 104 cm³/mol. The number of ether oxygens (including phenoxy) is 2. The molecule has 0 spiro atoms. The van der Waals surface area contributed by atoms with Gasteiger partial charge in [0.25, 0.3) is 0 Å². The van der Waals surface area contributed by atoms with Crippen LogP contribution in [0.3, 0.4) is 0 Å². The second-order valence-electron chi connectivity index (χ2n) is 7.92. The molecule has 3 nitrogen and oxygen atoms in total.